The summed E-state index contributed by atoms with van der Waals surface area (Å²) in [5.74, 6) is 0.624. The second-order valence-corrected chi connectivity index (χ2v) is 5.71. The van der Waals surface area contributed by atoms with Crippen molar-refractivity contribution in [3.63, 3.8) is 0 Å². The SMILES string of the molecule is CNc1nc(Nc2cc3c(cc2Cl)C(C)C(=O)N3)ncc1Cl. The Morgan fingerprint density at radius 1 is 1.27 bits per heavy atom. The molecule has 1 aromatic heterocycles. The van der Waals surface area contributed by atoms with Gasteiger partial charge in [-0.2, -0.15) is 4.98 Å². The number of hydrogen-bond acceptors (Lipinski definition) is 5. The van der Waals surface area contributed by atoms with Crippen LogP contribution in [0.15, 0.2) is 18.3 Å². The van der Waals surface area contributed by atoms with Crippen LogP contribution in [0.5, 0.6) is 0 Å². The number of aromatic nitrogens is 2. The predicted octanol–water partition coefficient (Wildman–Crippen LogP) is 3.62. The minimum atomic E-state index is -0.204. The number of nitrogens with one attached hydrogen (secondary N) is 3. The fourth-order valence-corrected chi connectivity index (χ4v) is 2.66. The third-order valence-electron chi connectivity index (χ3n) is 3.48. The maximum Gasteiger partial charge on any atom is 0.231 e. The molecule has 0 bridgehead atoms. The van der Waals surface area contributed by atoms with E-state index in [1.165, 1.54) is 6.20 Å². The number of hydrogen-bond donors (Lipinski definition) is 3. The molecule has 114 valence electrons. The first-order valence-electron chi connectivity index (χ1n) is 6.61. The number of fused-ring (bicyclic) bond motifs is 1. The number of anilines is 4. The Labute approximate surface area is 137 Å². The fourth-order valence-electron chi connectivity index (χ4n) is 2.26. The molecule has 22 heavy (non-hydrogen) atoms. The summed E-state index contributed by atoms with van der Waals surface area (Å²) in [5, 5.41) is 9.64. The summed E-state index contributed by atoms with van der Waals surface area (Å²) >= 11 is 12.2. The number of nitrogens with zero attached hydrogens (tertiary/aromatic N) is 2. The van der Waals surface area contributed by atoms with Gasteiger partial charge in [-0.1, -0.05) is 23.2 Å². The van der Waals surface area contributed by atoms with Crippen molar-refractivity contribution in [3.8, 4) is 0 Å². The third kappa shape index (κ3) is 2.55. The highest BCUT2D eigenvalue weighted by atomic mass is 35.5. The molecule has 0 saturated carbocycles. The van der Waals surface area contributed by atoms with E-state index < -0.39 is 0 Å². The molecule has 2 aromatic rings. The van der Waals surface area contributed by atoms with E-state index in [1.54, 1.807) is 19.2 Å². The van der Waals surface area contributed by atoms with Gasteiger partial charge in [-0.15, -0.1) is 0 Å². The Hall–Kier alpha value is -2.05. The van der Waals surface area contributed by atoms with Gasteiger partial charge in [0.1, 0.15) is 10.8 Å². The number of benzene rings is 1. The summed E-state index contributed by atoms with van der Waals surface area (Å²) in [6.07, 6.45) is 1.49. The highest BCUT2D eigenvalue weighted by molar-refractivity contribution is 6.34. The summed E-state index contributed by atoms with van der Waals surface area (Å²) in [7, 11) is 1.72. The van der Waals surface area contributed by atoms with E-state index >= 15 is 0 Å². The Bertz CT molecular complexity index is 765. The van der Waals surface area contributed by atoms with Gasteiger partial charge in [0.05, 0.1) is 22.8 Å². The van der Waals surface area contributed by atoms with E-state index in [1.807, 2.05) is 6.92 Å². The van der Waals surface area contributed by atoms with Crippen LogP contribution in [0.1, 0.15) is 18.4 Å². The largest absolute Gasteiger partial charge is 0.372 e. The molecule has 1 amide bonds. The first kappa shape index (κ1) is 14.9. The lowest BCUT2D eigenvalue weighted by Gasteiger charge is -2.11. The van der Waals surface area contributed by atoms with Gasteiger partial charge in [0.2, 0.25) is 11.9 Å². The molecule has 0 aliphatic carbocycles. The van der Waals surface area contributed by atoms with Crippen molar-refractivity contribution < 1.29 is 4.79 Å². The summed E-state index contributed by atoms with van der Waals surface area (Å²) < 4.78 is 0. The number of rotatable bonds is 3. The Morgan fingerprint density at radius 2 is 2.05 bits per heavy atom. The molecule has 3 N–H and O–H groups in total. The van der Waals surface area contributed by atoms with Crippen molar-refractivity contribution in [3.05, 3.63) is 33.9 Å². The van der Waals surface area contributed by atoms with Crippen LogP contribution in [0.25, 0.3) is 0 Å². The topological polar surface area (TPSA) is 78.9 Å². The molecular formula is C14H13Cl2N5O. The molecule has 3 rings (SSSR count). The molecule has 0 saturated heterocycles. The van der Waals surface area contributed by atoms with Gasteiger partial charge in [-0.3, -0.25) is 4.79 Å². The average Bonchev–Trinajstić information content (AvgIpc) is 2.76. The molecule has 1 aliphatic heterocycles. The first-order chi connectivity index (χ1) is 10.5. The Balaban J connectivity index is 1.94. The normalized spacial score (nSPS) is 16.2. The van der Waals surface area contributed by atoms with Crippen LogP contribution < -0.4 is 16.0 Å². The van der Waals surface area contributed by atoms with Crippen molar-refractivity contribution in [1.29, 1.82) is 0 Å². The van der Waals surface area contributed by atoms with Crippen LogP contribution in [-0.2, 0) is 4.79 Å². The lowest BCUT2D eigenvalue weighted by atomic mass is 10.0. The van der Waals surface area contributed by atoms with Crippen LogP contribution in [0.3, 0.4) is 0 Å². The molecule has 1 aromatic carbocycles. The van der Waals surface area contributed by atoms with Crippen molar-refractivity contribution >= 4 is 52.3 Å². The maximum atomic E-state index is 11.7. The van der Waals surface area contributed by atoms with Crippen LogP contribution in [-0.4, -0.2) is 22.9 Å². The van der Waals surface area contributed by atoms with Crippen LogP contribution >= 0.6 is 23.2 Å². The van der Waals surface area contributed by atoms with E-state index in [0.717, 1.165) is 11.3 Å². The molecular weight excluding hydrogens is 325 g/mol. The maximum absolute atomic E-state index is 11.7. The second-order valence-electron chi connectivity index (χ2n) is 4.90. The molecule has 2 heterocycles. The van der Waals surface area contributed by atoms with Crippen LogP contribution in [0, 0.1) is 0 Å². The number of amides is 1. The highest BCUT2D eigenvalue weighted by Gasteiger charge is 2.27. The minimum Gasteiger partial charge on any atom is -0.372 e. The molecule has 1 unspecified atom stereocenters. The zero-order valence-electron chi connectivity index (χ0n) is 11.9. The zero-order valence-corrected chi connectivity index (χ0v) is 13.4. The molecule has 6 nitrogen and oxygen atoms in total. The van der Waals surface area contributed by atoms with Crippen molar-refractivity contribution in [1.82, 2.24) is 9.97 Å². The molecule has 1 aliphatic rings. The standard InChI is InChI=1S/C14H13Cl2N5O/c1-6-7-3-8(15)11(4-10(7)19-13(6)22)20-14-18-5-9(16)12(17-2)21-14/h3-6H,1-2H3,(H,19,22)(H2,17,18,20,21). The van der Waals surface area contributed by atoms with Gasteiger partial charge in [-0.05, 0) is 24.6 Å². The third-order valence-corrected chi connectivity index (χ3v) is 4.07. The monoisotopic (exact) mass is 337 g/mol. The lowest BCUT2D eigenvalue weighted by Crippen LogP contribution is -2.08. The Kier molecular flexibility index (Phi) is 3.80. The summed E-state index contributed by atoms with van der Waals surface area (Å²) in [4.78, 5) is 20.1. The summed E-state index contributed by atoms with van der Waals surface area (Å²) in [6, 6.07) is 3.55. The first-order valence-corrected chi connectivity index (χ1v) is 7.37. The molecule has 0 spiro atoms. The van der Waals surface area contributed by atoms with Crippen LogP contribution in [0.2, 0.25) is 10.0 Å². The number of carbonyl (C=O) groups excluding carboxylic acids is 1. The number of halogens is 2. The Morgan fingerprint density at radius 3 is 2.77 bits per heavy atom. The van der Waals surface area contributed by atoms with Gasteiger partial charge < -0.3 is 16.0 Å². The quantitative estimate of drug-likeness (QED) is 0.797. The van der Waals surface area contributed by atoms with Crippen molar-refractivity contribution in [2.75, 3.05) is 23.0 Å². The number of carbonyl (C=O) groups is 1. The average molecular weight is 338 g/mol. The van der Waals surface area contributed by atoms with E-state index in [4.69, 9.17) is 23.2 Å². The van der Waals surface area contributed by atoms with Gasteiger partial charge in [0, 0.05) is 12.7 Å². The zero-order chi connectivity index (χ0) is 15.9. The van der Waals surface area contributed by atoms with Crippen LogP contribution in [0.4, 0.5) is 23.1 Å². The summed E-state index contributed by atoms with van der Waals surface area (Å²) in [5.41, 5.74) is 2.24. The smallest absolute Gasteiger partial charge is 0.231 e. The summed E-state index contributed by atoms with van der Waals surface area (Å²) in [6.45, 7) is 1.84. The highest BCUT2D eigenvalue weighted by Crippen LogP contribution is 2.39. The fraction of sp³-hybridized carbons (Fsp3) is 0.214. The van der Waals surface area contributed by atoms with E-state index in [9.17, 15) is 4.79 Å². The lowest BCUT2D eigenvalue weighted by molar-refractivity contribution is -0.116. The molecule has 0 radical (unpaired) electrons. The molecule has 0 fully saturated rings. The predicted molar refractivity (Wildman–Crippen MR) is 88.4 cm³/mol. The van der Waals surface area contributed by atoms with Crippen molar-refractivity contribution in [2.24, 2.45) is 0 Å². The van der Waals surface area contributed by atoms with Gasteiger partial charge in [0.15, 0.2) is 0 Å². The van der Waals surface area contributed by atoms with Gasteiger partial charge in [0.25, 0.3) is 0 Å². The van der Waals surface area contributed by atoms with E-state index in [-0.39, 0.29) is 11.8 Å². The molecule has 8 heteroatoms. The van der Waals surface area contributed by atoms with Crippen molar-refractivity contribution in [2.45, 2.75) is 12.8 Å². The second kappa shape index (κ2) is 5.62. The van der Waals surface area contributed by atoms with Gasteiger partial charge >= 0.3 is 0 Å². The minimum absolute atomic E-state index is 0.0385. The van der Waals surface area contributed by atoms with E-state index in [0.29, 0.717) is 27.5 Å². The van der Waals surface area contributed by atoms with Gasteiger partial charge in [-0.25, -0.2) is 4.98 Å². The molecule has 1 atom stereocenters. The van der Waals surface area contributed by atoms with E-state index in [2.05, 4.69) is 25.9 Å².